The molecule has 0 aromatic heterocycles. The van der Waals surface area contributed by atoms with E-state index in [2.05, 4.69) is 10.7 Å². The maximum absolute atomic E-state index is 13.7. The lowest BCUT2D eigenvalue weighted by atomic mass is 10.1. The highest BCUT2D eigenvalue weighted by atomic mass is 35.5. The van der Waals surface area contributed by atoms with Crippen LogP contribution in [0.4, 0.5) is 15.8 Å². The largest absolute Gasteiger partial charge is 0.323 e. The van der Waals surface area contributed by atoms with Crippen molar-refractivity contribution in [2.75, 3.05) is 10.7 Å². The van der Waals surface area contributed by atoms with Crippen LogP contribution >= 0.6 is 23.2 Å². The second-order valence-electron chi connectivity index (χ2n) is 3.89. The van der Waals surface area contributed by atoms with Crippen LogP contribution in [0, 0.1) is 5.82 Å². The summed E-state index contributed by atoms with van der Waals surface area (Å²) in [6.07, 6.45) is 0. The van der Waals surface area contributed by atoms with Crippen molar-refractivity contribution in [1.82, 2.24) is 0 Å². The molecule has 0 aliphatic heterocycles. The van der Waals surface area contributed by atoms with Crippen molar-refractivity contribution in [2.45, 2.75) is 0 Å². The molecule has 2 aromatic rings. The highest BCUT2D eigenvalue weighted by Gasteiger charge is 2.15. The van der Waals surface area contributed by atoms with E-state index in [-0.39, 0.29) is 16.3 Å². The first-order chi connectivity index (χ1) is 9.52. The Morgan fingerprint density at radius 3 is 2.60 bits per heavy atom. The molecule has 4 N–H and O–H groups in total. The molecule has 7 heteroatoms. The molecule has 0 aliphatic carbocycles. The molecular formula is C13H10Cl2FN3O. The number of nitrogens with two attached hydrogens (primary N) is 1. The molecule has 0 atom stereocenters. The predicted octanol–water partition coefficient (Wildman–Crippen LogP) is 3.67. The van der Waals surface area contributed by atoms with E-state index >= 15 is 0 Å². The molecule has 104 valence electrons. The molecule has 0 radical (unpaired) electrons. The monoisotopic (exact) mass is 313 g/mol. The number of hydrogen-bond acceptors (Lipinski definition) is 3. The first-order valence-corrected chi connectivity index (χ1v) is 6.30. The molecule has 1 amide bonds. The lowest BCUT2D eigenvalue weighted by Crippen LogP contribution is -2.17. The van der Waals surface area contributed by atoms with E-state index in [1.165, 1.54) is 24.3 Å². The van der Waals surface area contributed by atoms with Crippen LogP contribution < -0.4 is 16.6 Å². The van der Waals surface area contributed by atoms with Gasteiger partial charge in [0.1, 0.15) is 0 Å². The number of nitrogen functional groups attached to an aromatic ring is 1. The summed E-state index contributed by atoms with van der Waals surface area (Å²) in [5.41, 5.74) is 2.92. The molecule has 20 heavy (non-hydrogen) atoms. The average molecular weight is 314 g/mol. The molecular weight excluding hydrogens is 304 g/mol. The van der Waals surface area contributed by atoms with Crippen LogP contribution in [0.25, 0.3) is 0 Å². The third-order valence-corrected chi connectivity index (χ3v) is 3.11. The van der Waals surface area contributed by atoms with Crippen LogP contribution in [0.2, 0.25) is 10.0 Å². The Morgan fingerprint density at radius 2 is 1.90 bits per heavy atom. The van der Waals surface area contributed by atoms with E-state index < -0.39 is 11.7 Å². The number of halogens is 3. The summed E-state index contributed by atoms with van der Waals surface area (Å²) in [4.78, 5) is 12.1. The van der Waals surface area contributed by atoms with Gasteiger partial charge in [-0.2, -0.15) is 0 Å². The van der Waals surface area contributed by atoms with Gasteiger partial charge in [0.15, 0.2) is 5.82 Å². The third-order valence-electron chi connectivity index (χ3n) is 2.58. The minimum absolute atomic E-state index is 0.0227. The number of amides is 1. The van der Waals surface area contributed by atoms with E-state index in [0.717, 1.165) is 0 Å². The summed E-state index contributed by atoms with van der Waals surface area (Å²) < 4.78 is 13.7. The van der Waals surface area contributed by atoms with E-state index in [1.54, 1.807) is 12.1 Å². The Balaban J connectivity index is 2.33. The van der Waals surface area contributed by atoms with Gasteiger partial charge in [-0.25, -0.2) is 4.39 Å². The zero-order valence-electron chi connectivity index (χ0n) is 10.1. The summed E-state index contributed by atoms with van der Waals surface area (Å²) in [6.45, 7) is 0. The molecule has 0 heterocycles. The van der Waals surface area contributed by atoms with E-state index in [4.69, 9.17) is 29.0 Å². The van der Waals surface area contributed by atoms with Gasteiger partial charge in [-0.3, -0.25) is 10.6 Å². The summed E-state index contributed by atoms with van der Waals surface area (Å²) in [5, 5.41) is 2.70. The Hall–Kier alpha value is -1.82. The molecule has 4 nitrogen and oxygen atoms in total. The van der Waals surface area contributed by atoms with Gasteiger partial charge >= 0.3 is 0 Å². The van der Waals surface area contributed by atoms with Crippen LogP contribution in [0.1, 0.15) is 10.4 Å². The Labute approximate surface area is 124 Å². The molecule has 2 rings (SSSR count). The van der Waals surface area contributed by atoms with Crippen LogP contribution in [0.15, 0.2) is 36.4 Å². The predicted molar refractivity (Wildman–Crippen MR) is 78.6 cm³/mol. The van der Waals surface area contributed by atoms with Crippen molar-refractivity contribution in [2.24, 2.45) is 5.84 Å². The first-order valence-electron chi connectivity index (χ1n) is 5.54. The van der Waals surface area contributed by atoms with Gasteiger partial charge in [-0.1, -0.05) is 29.3 Å². The Morgan fingerprint density at radius 1 is 1.15 bits per heavy atom. The minimum atomic E-state index is -0.702. The van der Waals surface area contributed by atoms with Crippen LogP contribution in [-0.4, -0.2) is 5.91 Å². The lowest BCUT2D eigenvalue weighted by Gasteiger charge is -2.11. The molecule has 0 bridgehead atoms. The summed E-state index contributed by atoms with van der Waals surface area (Å²) in [5.74, 6) is 4.06. The van der Waals surface area contributed by atoms with Gasteiger partial charge in [0, 0.05) is 5.02 Å². The van der Waals surface area contributed by atoms with Crippen molar-refractivity contribution in [3.8, 4) is 0 Å². The number of benzene rings is 2. The van der Waals surface area contributed by atoms with Crippen LogP contribution in [0.3, 0.4) is 0 Å². The van der Waals surface area contributed by atoms with Gasteiger partial charge in [-0.15, -0.1) is 0 Å². The Bertz CT molecular complexity index is 664. The normalized spacial score (nSPS) is 10.2. The lowest BCUT2D eigenvalue weighted by molar-refractivity contribution is 0.102. The minimum Gasteiger partial charge on any atom is -0.323 e. The second-order valence-corrected chi connectivity index (χ2v) is 4.73. The quantitative estimate of drug-likeness (QED) is 0.598. The van der Waals surface area contributed by atoms with Crippen molar-refractivity contribution in [3.63, 3.8) is 0 Å². The SMILES string of the molecule is NNc1ccc(Cl)cc1C(=O)Nc1cccc(Cl)c1F. The van der Waals surface area contributed by atoms with Crippen LogP contribution in [0.5, 0.6) is 0 Å². The zero-order valence-corrected chi connectivity index (χ0v) is 11.6. The zero-order chi connectivity index (χ0) is 14.7. The van der Waals surface area contributed by atoms with E-state index in [0.29, 0.717) is 10.7 Å². The van der Waals surface area contributed by atoms with Crippen molar-refractivity contribution >= 4 is 40.5 Å². The third kappa shape index (κ3) is 3.01. The number of anilines is 2. The standard InChI is InChI=1S/C13H10Cl2FN3O/c14-7-4-5-10(19-17)8(6-7)13(20)18-11-3-1-2-9(15)12(11)16/h1-6,19H,17H2,(H,18,20). The van der Waals surface area contributed by atoms with Gasteiger partial charge in [0.05, 0.1) is 22.0 Å². The average Bonchev–Trinajstić information content (AvgIpc) is 2.43. The molecule has 0 aliphatic rings. The molecule has 0 saturated heterocycles. The van der Waals surface area contributed by atoms with E-state index in [1.807, 2.05) is 0 Å². The number of carbonyl (C=O) groups excluding carboxylic acids is 1. The molecule has 0 saturated carbocycles. The molecule has 2 aromatic carbocycles. The van der Waals surface area contributed by atoms with Crippen molar-refractivity contribution in [1.29, 1.82) is 0 Å². The van der Waals surface area contributed by atoms with Gasteiger partial charge in [0.25, 0.3) is 5.91 Å². The molecule has 0 spiro atoms. The molecule has 0 fully saturated rings. The fourth-order valence-corrected chi connectivity index (χ4v) is 1.97. The molecule has 0 unspecified atom stereocenters. The fourth-order valence-electron chi connectivity index (χ4n) is 1.62. The number of carbonyl (C=O) groups is 1. The summed E-state index contributed by atoms with van der Waals surface area (Å²) in [7, 11) is 0. The maximum Gasteiger partial charge on any atom is 0.257 e. The maximum atomic E-state index is 13.7. The Kier molecular flexibility index (Phi) is 4.44. The number of hydrogen-bond donors (Lipinski definition) is 3. The van der Waals surface area contributed by atoms with Gasteiger partial charge in [0.2, 0.25) is 0 Å². The van der Waals surface area contributed by atoms with Crippen molar-refractivity contribution < 1.29 is 9.18 Å². The van der Waals surface area contributed by atoms with Gasteiger partial charge < -0.3 is 10.7 Å². The summed E-state index contributed by atoms with van der Waals surface area (Å²) in [6, 6.07) is 8.87. The highest BCUT2D eigenvalue weighted by Crippen LogP contribution is 2.25. The first kappa shape index (κ1) is 14.6. The number of rotatable bonds is 3. The second kappa shape index (κ2) is 6.09. The summed E-state index contributed by atoms with van der Waals surface area (Å²) >= 11 is 11.5. The van der Waals surface area contributed by atoms with Crippen molar-refractivity contribution in [3.05, 3.63) is 57.8 Å². The highest BCUT2D eigenvalue weighted by molar-refractivity contribution is 6.31. The number of hydrazine groups is 1. The van der Waals surface area contributed by atoms with Gasteiger partial charge in [-0.05, 0) is 30.3 Å². The number of nitrogens with one attached hydrogen (secondary N) is 2. The fraction of sp³-hybridized carbons (Fsp3) is 0. The van der Waals surface area contributed by atoms with Crippen LogP contribution in [-0.2, 0) is 0 Å². The van der Waals surface area contributed by atoms with E-state index in [9.17, 15) is 9.18 Å². The topological polar surface area (TPSA) is 67.1 Å². The smallest absolute Gasteiger partial charge is 0.257 e.